The Hall–Kier alpha value is -3.45. The van der Waals surface area contributed by atoms with Gasteiger partial charge in [0.25, 0.3) is 0 Å². The van der Waals surface area contributed by atoms with Gasteiger partial charge < -0.3 is 5.32 Å². The number of carbonyl (C=O) groups is 1. The smallest absolute Gasteiger partial charge is 0.230 e. The maximum absolute atomic E-state index is 13.0. The van der Waals surface area contributed by atoms with Gasteiger partial charge in [-0.05, 0) is 35.4 Å². The highest BCUT2D eigenvalue weighted by molar-refractivity contribution is 7.99. The second-order valence-electron chi connectivity index (χ2n) is 6.92. The Labute approximate surface area is 184 Å². The Morgan fingerprint density at radius 1 is 0.871 bits per heavy atom. The SMILES string of the molecule is O=C(CSc1nnc(Cc2ccccc2)n1-c1ccccc1)NCc1ccc(F)cc1. The Balaban J connectivity index is 1.46. The van der Waals surface area contributed by atoms with E-state index in [-0.39, 0.29) is 17.5 Å². The standard InChI is InChI=1S/C24H21FN4OS/c25-20-13-11-19(12-14-20)16-26-23(30)17-31-24-28-27-22(15-18-7-3-1-4-8-18)29(24)21-9-5-2-6-10-21/h1-14H,15-17H2,(H,26,30). The summed E-state index contributed by atoms with van der Waals surface area (Å²) in [4.78, 5) is 12.3. The second kappa shape index (κ2) is 10.0. The van der Waals surface area contributed by atoms with E-state index in [0.29, 0.717) is 18.1 Å². The zero-order valence-corrected chi connectivity index (χ0v) is 17.6. The molecular weight excluding hydrogens is 411 g/mol. The van der Waals surface area contributed by atoms with E-state index in [4.69, 9.17) is 0 Å². The zero-order chi connectivity index (χ0) is 21.5. The Morgan fingerprint density at radius 3 is 2.26 bits per heavy atom. The molecule has 0 unspecified atom stereocenters. The van der Waals surface area contributed by atoms with Gasteiger partial charge >= 0.3 is 0 Å². The van der Waals surface area contributed by atoms with E-state index >= 15 is 0 Å². The molecule has 3 aromatic carbocycles. The van der Waals surface area contributed by atoms with Gasteiger partial charge in [0.15, 0.2) is 5.16 Å². The predicted octanol–water partition coefficient (Wildman–Crippen LogP) is 4.41. The lowest BCUT2D eigenvalue weighted by molar-refractivity contribution is -0.118. The van der Waals surface area contributed by atoms with Gasteiger partial charge in [0.2, 0.25) is 5.91 Å². The number of para-hydroxylation sites is 1. The molecule has 0 bridgehead atoms. The van der Waals surface area contributed by atoms with Crippen molar-refractivity contribution in [3.63, 3.8) is 0 Å². The summed E-state index contributed by atoms with van der Waals surface area (Å²) in [6, 6.07) is 26.1. The van der Waals surface area contributed by atoms with Crippen molar-refractivity contribution < 1.29 is 9.18 Å². The molecule has 156 valence electrons. The van der Waals surface area contributed by atoms with Crippen LogP contribution in [0.5, 0.6) is 0 Å². The van der Waals surface area contributed by atoms with Crippen molar-refractivity contribution in [2.24, 2.45) is 0 Å². The summed E-state index contributed by atoms with van der Waals surface area (Å²) >= 11 is 1.34. The van der Waals surface area contributed by atoms with Crippen molar-refractivity contribution in [1.29, 1.82) is 0 Å². The molecule has 0 aliphatic carbocycles. The molecule has 0 aliphatic heterocycles. The third kappa shape index (κ3) is 5.58. The number of carbonyl (C=O) groups excluding carboxylic acids is 1. The van der Waals surface area contributed by atoms with Crippen molar-refractivity contribution in [1.82, 2.24) is 20.1 Å². The first-order valence-electron chi connectivity index (χ1n) is 9.86. The number of benzene rings is 3. The van der Waals surface area contributed by atoms with Crippen molar-refractivity contribution in [2.75, 3.05) is 5.75 Å². The number of halogens is 1. The monoisotopic (exact) mass is 432 g/mol. The normalized spacial score (nSPS) is 10.7. The molecule has 0 saturated carbocycles. The van der Waals surface area contributed by atoms with E-state index < -0.39 is 0 Å². The van der Waals surface area contributed by atoms with E-state index in [1.165, 1.54) is 23.9 Å². The summed E-state index contributed by atoms with van der Waals surface area (Å²) in [6.45, 7) is 0.351. The minimum atomic E-state index is -0.294. The number of amides is 1. The van der Waals surface area contributed by atoms with Gasteiger partial charge in [0.05, 0.1) is 5.75 Å². The molecule has 4 aromatic rings. The molecule has 0 aliphatic rings. The van der Waals surface area contributed by atoms with Crippen LogP contribution in [0.2, 0.25) is 0 Å². The Kier molecular flexibility index (Phi) is 6.74. The minimum Gasteiger partial charge on any atom is -0.351 e. The summed E-state index contributed by atoms with van der Waals surface area (Å²) in [5.74, 6) is 0.600. The molecule has 1 N–H and O–H groups in total. The van der Waals surface area contributed by atoms with Crippen LogP contribution in [0, 0.1) is 5.82 Å². The fourth-order valence-electron chi connectivity index (χ4n) is 3.11. The van der Waals surface area contributed by atoms with Crippen LogP contribution in [0.25, 0.3) is 5.69 Å². The predicted molar refractivity (Wildman–Crippen MR) is 120 cm³/mol. The molecule has 0 saturated heterocycles. The van der Waals surface area contributed by atoms with Crippen LogP contribution in [-0.2, 0) is 17.8 Å². The van der Waals surface area contributed by atoms with Crippen LogP contribution in [-0.4, -0.2) is 26.4 Å². The van der Waals surface area contributed by atoms with Gasteiger partial charge in [-0.25, -0.2) is 4.39 Å². The average Bonchev–Trinajstić information content (AvgIpc) is 3.21. The van der Waals surface area contributed by atoms with Crippen molar-refractivity contribution in [2.45, 2.75) is 18.1 Å². The summed E-state index contributed by atoms with van der Waals surface area (Å²) in [5.41, 5.74) is 2.94. The maximum Gasteiger partial charge on any atom is 0.230 e. The molecule has 1 aromatic heterocycles. The number of hydrogen-bond donors (Lipinski definition) is 1. The van der Waals surface area contributed by atoms with E-state index in [2.05, 4.69) is 27.6 Å². The average molecular weight is 433 g/mol. The van der Waals surface area contributed by atoms with Crippen LogP contribution < -0.4 is 5.32 Å². The van der Waals surface area contributed by atoms with Crippen LogP contribution >= 0.6 is 11.8 Å². The molecule has 1 heterocycles. The second-order valence-corrected chi connectivity index (χ2v) is 7.87. The Morgan fingerprint density at radius 2 is 1.55 bits per heavy atom. The molecule has 0 atom stereocenters. The van der Waals surface area contributed by atoms with E-state index in [9.17, 15) is 9.18 Å². The van der Waals surface area contributed by atoms with Gasteiger partial charge in [-0.1, -0.05) is 72.4 Å². The molecule has 1 amide bonds. The highest BCUT2D eigenvalue weighted by Gasteiger charge is 2.16. The quantitative estimate of drug-likeness (QED) is 0.419. The molecule has 0 fully saturated rings. The van der Waals surface area contributed by atoms with Gasteiger partial charge in [-0.3, -0.25) is 9.36 Å². The molecule has 4 rings (SSSR count). The van der Waals surface area contributed by atoms with E-state index in [1.807, 2.05) is 53.1 Å². The number of nitrogens with one attached hydrogen (secondary N) is 1. The fraction of sp³-hybridized carbons (Fsp3) is 0.125. The van der Waals surface area contributed by atoms with Gasteiger partial charge in [-0.15, -0.1) is 10.2 Å². The van der Waals surface area contributed by atoms with E-state index in [0.717, 1.165) is 22.6 Å². The van der Waals surface area contributed by atoms with Crippen LogP contribution in [0.15, 0.2) is 90.1 Å². The largest absolute Gasteiger partial charge is 0.351 e. The number of hydrogen-bond acceptors (Lipinski definition) is 4. The first-order chi connectivity index (χ1) is 15.2. The highest BCUT2D eigenvalue weighted by atomic mass is 32.2. The number of thioether (sulfide) groups is 1. The van der Waals surface area contributed by atoms with Crippen LogP contribution in [0.3, 0.4) is 0 Å². The van der Waals surface area contributed by atoms with Crippen LogP contribution in [0.1, 0.15) is 17.0 Å². The number of rotatable bonds is 8. The van der Waals surface area contributed by atoms with Gasteiger partial charge in [0, 0.05) is 18.7 Å². The molecule has 5 nitrogen and oxygen atoms in total. The minimum absolute atomic E-state index is 0.124. The van der Waals surface area contributed by atoms with Gasteiger partial charge in [0.1, 0.15) is 11.6 Å². The number of aromatic nitrogens is 3. The number of nitrogens with zero attached hydrogens (tertiary/aromatic N) is 3. The first-order valence-corrected chi connectivity index (χ1v) is 10.9. The summed E-state index contributed by atoms with van der Waals surface area (Å²) < 4.78 is 15.0. The van der Waals surface area contributed by atoms with Crippen molar-refractivity contribution >= 4 is 17.7 Å². The molecule has 0 radical (unpaired) electrons. The van der Waals surface area contributed by atoms with Gasteiger partial charge in [-0.2, -0.15) is 0 Å². The summed E-state index contributed by atoms with van der Waals surface area (Å²) in [5, 5.41) is 12.3. The topological polar surface area (TPSA) is 59.8 Å². The Bertz CT molecular complexity index is 1130. The molecule has 0 spiro atoms. The molecule has 31 heavy (non-hydrogen) atoms. The third-order valence-corrected chi connectivity index (χ3v) is 5.58. The lowest BCUT2D eigenvalue weighted by Gasteiger charge is -2.10. The first kappa shape index (κ1) is 20.8. The highest BCUT2D eigenvalue weighted by Crippen LogP contribution is 2.23. The lowest BCUT2D eigenvalue weighted by Crippen LogP contribution is -2.24. The zero-order valence-electron chi connectivity index (χ0n) is 16.7. The van der Waals surface area contributed by atoms with E-state index in [1.54, 1.807) is 12.1 Å². The molecular formula is C24H21FN4OS. The van der Waals surface area contributed by atoms with Crippen LogP contribution in [0.4, 0.5) is 4.39 Å². The molecule has 7 heteroatoms. The summed E-state index contributed by atoms with van der Waals surface area (Å²) in [7, 11) is 0. The van der Waals surface area contributed by atoms with Crippen molar-refractivity contribution in [3.8, 4) is 5.69 Å². The lowest BCUT2D eigenvalue weighted by atomic mass is 10.1. The fourth-order valence-corrected chi connectivity index (χ4v) is 3.91. The van der Waals surface area contributed by atoms with Crippen molar-refractivity contribution in [3.05, 3.63) is 108 Å². The third-order valence-electron chi connectivity index (χ3n) is 4.66. The summed E-state index contributed by atoms with van der Waals surface area (Å²) in [6.07, 6.45) is 0.639. The maximum atomic E-state index is 13.0.